The van der Waals surface area contributed by atoms with E-state index in [1.807, 2.05) is 72.8 Å². The molecule has 4 aromatic carbocycles. The Labute approximate surface area is 225 Å². The minimum atomic E-state index is -0.343. The summed E-state index contributed by atoms with van der Waals surface area (Å²) < 4.78 is 25.7. The minimum absolute atomic E-state index is 0.281. The van der Waals surface area contributed by atoms with Gasteiger partial charge in [-0.05, 0) is 22.3 Å². The lowest BCUT2D eigenvalue weighted by Gasteiger charge is -2.25. The second kappa shape index (κ2) is 14.0. The van der Waals surface area contributed by atoms with Gasteiger partial charge in [0, 0.05) is 6.54 Å². The normalized spacial score (nSPS) is 20.9. The van der Waals surface area contributed by atoms with Crippen molar-refractivity contribution in [2.45, 2.75) is 50.9 Å². The molecule has 5 rings (SSSR count). The molecule has 1 unspecified atom stereocenters. The van der Waals surface area contributed by atoms with Crippen molar-refractivity contribution in [1.82, 2.24) is 5.32 Å². The zero-order valence-electron chi connectivity index (χ0n) is 21.5. The summed E-state index contributed by atoms with van der Waals surface area (Å²) >= 11 is 0. The average molecular weight is 510 g/mol. The van der Waals surface area contributed by atoms with Crippen LogP contribution in [-0.2, 0) is 45.3 Å². The fraction of sp³-hybridized carbons (Fsp3) is 0.273. The first-order chi connectivity index (χ1) is 18.8. The molecular weight excluding hydrogens is 474 g/mol. The highest BCUT2D eigenvalue weighted by molar-refractivity contribution is 5.16. The summed E-state index contributed by atoms with van der Waals surface area (Å²) in [5.41, 5.74) is 4.53. The van der Waals surface area contributed by atoms with E-state index >= 15 is 0 Å². The highest BCUT2D eigenvalue weighted by atomic mass is 16.6. The SMILES string of the molecule is c1ccc(CNC2O[C@H](COCc3ccccc3)[C@H](OCc3ccccc3)[C@H]2OCc2ccccc2)cc1. The Morgan fingerprint density at radius 3 is 1.50 bits per heavy atom. The second-order valence-electron chi connectivity index (χ2n) is 9.48. The summed E-state index contributed by atoms with van der Waals surface area (Å²) in [6.45, 7) is 2.54. The van der Waals surface area contributed by atoms with Crippen LogP contribution in [0.5, 0.6) is 0 Å². The van der Waals surface area contributed by atoms with Gasteiger partial charge in [0.2, 0.25) is 0 Å². The van der Waals surface area contributed by atoms with E-state index in [2.05, 4.69) is 53.8 Å². The van der Waals surface area contributed by atoms with Crippen LogP contribution in [0.3, 0.4) is 0 Å². The van der Waals surface area contributed by atoms with E-state index in [0.717, 1.165) is 16.7 Å². The molecule has 1 N–H and O–H groups in total. The molecule has 1 heterocycles. The Balaban J connectivity index is 1.31. The van der Waals surface area contributed by atoms with Crippen LogP contribution in [0.15, 0.2) is 121 Å². The molecule has 0 aliphatic carbocycles. The van der Waals surface area contributed by atoms with Crippen LogP contribution in [-0.4, -0.2) is 31.1 Å². The molecule has 0 radical (unpaired) electrons. The Morgan fingerprint density at radius 1 is 0.526 bits per heavy atom. The van der Waals surface area contributed by atoms with Gasteiger partial charge < -0.3 is 18.9 Å². The monoisotopic (exact) mass is 509 g/mol. The summed E-state index contributed by atoms with van der Waals surface area (Å²) in [5, 5.41) is 3.57. The summed E-state index contributed by atoms with van der Waals surface area (Å²) in [7, 11) is 0. The van der Waals surface area contributed by atoms with Gasteiger partial charge in [-0.1, -0.05) is 121 Å². The van der Waals surface area contributed by atoms with E-state index in [1.54, 1.807) is 0 Å². The first-order valence-electron chi connectivity index (χ1n) is 13.2. The maximum Gasteiger partial charge on any atom is 0.138 e. The third-order valence-corrected chi connectivity index (χ3v) is 6.62. The van der Waals surface area contributed by atoms with Crippen LogP contribution in [0.1, 0.15) is 22.3 Å². The first-order valence-corrected chi connectivity index (χ1v) is 13.2. The summed E-state index contributed by atoms with van der Waals surface area (Å²) in [6, 6.07) is 40.9. The van der Waals surface area contributed by atoms with Crippen molar-refractivity contribution in [3.8, 4) is 0 Å². The van der Waals surface area contributed by atoms with Crippen molar-refractivity contribution in [2.24, 2.45) is 0 Å². The fourth-order valence-corrected chi connectivity index (χ4v) is 4.62. The van der Waals surface area contributed by atoms with Crippen molar-refractivity contribution in [3.05, 3.63) is 144 Å². The Kier molecular flexibility index (Phi) is 9.69. The average Bonchev–Trinajstić information content (AvgIpc) is 3.32. The molecule has 1 aliphatic rings. The summed E-state index contributed by atoms with van der Waals surface area (Å²) in [6.07, 6.45) is -1.24. The van der Waals surface area contributed by atoms with Crippen LogP contribution in [0.25, 0.3) is 0 Å². The van der Waals surface area contributed by atoms with Crippen molar-refractivity contribution in [2.75, 3.05) is 6.61 Å². The molecule has 1 fully saturated rings. The molecule has 5 nitrogen and oxygen atoms in total. The van der Waals surface area contributed by atoms with Crippen molar-refractivity contribution < 1.29 is 18.9 Å². The molecule has 1 saturated heterocycles. The standard InChI is InChI=1S/C33H35NO4/c1-5-13-26(14-6-1)21-34-33-32(37-24-29-19-11-4-12-20-29)31(36-23-28-17-9-3-10-18-28)30(38-33)25-35-22-27-15-7-2-8-16-27/h1-20,30-34H,21-25H2/t30-,31+,32-,33?/m1/s1. The van der Waals surface area contributed by atoms with Crippen LogP contribution in [0.4, 0.5) is 0 Å². The third kappa shape index (κ3) is 7.60. The lowest BCUT2D eigenvalue weighted by atomic mass is 10.1. The largest absolute Gasteiger partial charge is 0.374 e. The molecule has 4 atom stereocenters. The van der Waals surface area contributed by atoms with Gasteiger partial charge in [0.15, 0.2) is 0 Å². The third-order valence-electron chi connectivity index (χ3n) is 6.62. The van der Waals surface area contributed by atoms with Crippen molar-refractivity contribution in [1.29, 1.82) is 0 Å². The van der Waals surface area contributed by atoms with Gasteiger partial charge in [0.05, 0.1) is 26.4 Å². The fourth-order valence-electron chi connectivity index (χ4n) is 4.62. The number of hydrogen-bond acceptors (Lipinski definition) is 5. The number of rotatable bonds is 13. The molecule has 4 aromatic rings. The minimum Gasteiger partial charge on any atom is -0.374 e. The smallest absolute Gasteiger partial charge is 0.138 e. The van der Waals surface area contributed by atoms with E-state index in [0.29, 0.717) is 33.0 Å². The number of hydrogen-bond donors (Lipinski definition) is 1. The molecule has 196 valence electrons. The van der Waals surface area contributed by atoms with E-state index in [-0.39, 0.29) is 24.5 Å². The van der Waals surface area contributed by atoms with Crippen molar-refractivity contribution in [3.63, 3.8) is 0 Å². The second-order valence-corrected chi connectivity index (χ2v) is 9.48. The van der Waals surface area contributed by atoms with E-state index < -0.39 is 0 Å². The summed E-state index contributed by atoms with van der Waals surface area (Å²) in [4.78, 5) is 0. The molecule has 5 heteroatoms. The Morgan fingerprint density at radius 2 is 0.974 bits per heavy atom. The van der Waals surface area contributed by atoms with E-state index in [4.69, 9.17) is 18.9 Å². The zero-order chi connectivity index (χ0) is 25.8. The van der Waals surface area contributed by atoms with Crippen molar-refractivity contribution >= 4 is 0 Å². The Bertz CT molecular complexity index is 1190. The number of benzene rings is 4. The quantitative estimate of drug-likeness (QED) is 0.244. The predicted octanol–water partition coefficient (Wildman–Crippen LogP) is 5.89. The van der Waals surface area contributed by atoms with Crippen LogP contribution in [0.2, 0.25) is 0 Å². The molecule has 38 heavy (non-hydrogen) atoms. The topological polar surface area (TPSA) is 49.0 Å². The van der Waals surface area contributed by atoms with Gasteiger partial charge in [-0.25, -0.2) is 0 Å². The highest BCUT2D eigenvalue weighted by Crippen LogP contribution is 2.28. The first kappa shape index (κ1) is 26.3. The lowest BCUT2D eigenvalue weighted by Crippen LogP contribution is -2.43. The maximum absolute atomic E-state index is 6.54. The van der Waals surface area contributed by atoms with E-state index in [1.165, 1.54) is 5.56 Å². The molecule has 0 bridgehead atoms. The molecular formula is C33H35NO4. The predicted molar refractivity (Wildman–Crippen MR) is 148 cm³/mol. The number of ether oxygens (including phenoxy) is 4. The van der Waals surface area contributed by atoms with E-state index in [9.17, 15) is 0 Å². The number of nitrogens with one attached hydrogen (secondary N) is 1. The molecule has 0 saturated carbocycles. The summed E-state index contributed by atoms with van der Waals surface area (Å²) in [5.74, 6) is 0. The van der Waals surface area contributed by atoms with Crippen LogP contribution < -0.4 is 5.32 Å². The molecule has 1 aliphatic heterocycles. The Hall–Kier alpha value is -3.32. The molecule has 0 amide bonds. The van der Waals surface area contributed by atoms with Gasteiger partial charge in [-0.2, -0.15) is 0 Å². The van der Waals surface area contributed by atoms with Crippen LogP contribution in [0, 0.1) is 0 Å². The van der Waals surface area contributed by atoms with Gasteiger partial charge >= 0.3 is 0 Å². The lowest BCUT2D eigenvalue weighted by molar-refractivity contribution is -0.0900. The van der Waals surface area contributed by atoms with Gasteiger partial charge in [0.25, 0.3) is 0 Å². The highest BCUT2D eigenvalue weighted by Gasteiger charge is 2.46. The van der Waals surface area contributed by atoms with Gasteiger partial charge in [0.1, 0.15) is 24.5 Å². The zero-order valence-corrected chi connectivity index (χ0v) is 21.5. The van der Waals surface area contributed by atoms with Gasteiger partial charge in [-0.3, -0.25) is 5.32 Å². The molecule has 0 spiro atoms. The molecule has 0 aromatic heterocycles. The van der Waals surface area contributed by atoms with Gasteiger partial charge in [-0.15, -0.1) is 0 Å². The maximum atomic E-state index is 6.54. The van der Waals surface area contributed by atoms with Crippen LogP contribution >= 0.6 is 0 Å².